The molecule has 0 aliphatic carbocycles. The number of aryl methyl sites for hydroxylation is 10. The number of anilines is 6. The summed E-state index contributed by atoms with van der Waals surface area (Å²) in [6, 6.07) is 42.1. The number of rotatable bonds is 8. The summed E-state index contributed by atoms with van der Waals surface area (Å²) in [5.41, 5.74) is 20.3. The molecule has 0 fully saturated rings. The first-order valence-corrected chi connectivity index (χ1v) is 19.6. The number of hydrogen-bond acceptors (Lipinski definition) is 2. The van der Waals surface area contributed by atoms with Crippen molar-refractivity contribution in [1.82, 2.24) is 0 Å². The summed E-state index contributed by atoms with van der Waals surface area (Å²) >= 11 is 0. The lowest BCUT2D eigenvalue weighted by Crippen LogP contribution is -2.15. The van der Waals surface area contributed by atoms with Crippen LogP contribution in [0.5, 0.6) is 0 Å². The molecule has 0 amide bonds. The molecule has 0 bridgehead atoms. The fraction of sp³-hybridized carbons (Fsp3) is 0.231. The molecule has 2 nitrogen and oxygen atoms in total. The van der Waals surface area contributed by atoms with Gasteiger partial charge in [0.2, 0.25) is 0 Å². The molecule has 0 saturated carbocycles. The molecule has 0 radical (unpaired) electrons. The molecule has 8 aromatic rings. The van der Waals surface area contributed by atoms with Gasteiger partial charge in [-0.15, -0.1) is 0 Å². The molecule has 0 saturated heterocycles. The average Bonchev–Trinajstić information content (AvgIpc) is 3.14. The summed E-state index contributed by atoms with van der Waals surface area (Å²) in [5, 5.41) is 7.97. The maximum Gasteiger partial charge on any atom is 0.0543 e. The Kier molecular flexibility index (Phi) is 8.97. The Hall–Kier alpha value is -5.60. The molecule has 8 rings (SSSR count). The topological polar surface area (TPSA) is 6.48 Å². The zero-order valence-electron chi connectivity index (χ0n) is 33.7. The second-order valence-corrected chi connectivity index (χ2v) is 15.7. The maximum atomic E-state index is 2.54. The molecular weight excluding hydrogens is 653 g/mol. The van der Waals surface area contributed by atoms with E-state index >= 15 is 0 Å². The largest absolute Gasteiger partial charge is 0.309 e. The van der Waals surface area contributed by atoms with E-state index in [0.717, 1.165) is 12.8 Å². The molecule has 2 heteroatoms. The van der Waals surface area contributed by atoms with Gasteiger partial charge in [-0.3, -0.25) is 0 Å². The van der Waals surface area contributed by atoms with Crippen molar-refractivity contribution in [2.24, 2.45) is 0 Å². The summed E-state index contributed by atoms with van der Waals surface area (Å²) in [4.78, 5) is 5.07. The molecule has 0 heterocycles. The summed E-state index contributed by atoms with van der Waals surface area (Å²) in [6.07, 6.45) is 1.89. The summed E-state index contributed by atoms with van der Waals surface area (Å²) in [6.45, 7) is 22.4. The predicted octanol–water partition coefficient (Wildman–Crippen LogP) is 15.1. The van der Waals surface area contributed by atoms with Crippen LogP contribution in [0.4, 0.5) is 34.1 Å². The first-order chi connectivity index (χ1) is 26.0. The Morgan fingerprint density at radius 1 is 0.315 bits per heavy atom. The number of benzene rings is 8. The zero-order valence-corrected chi connectivity index (χ0v) is 33.7. The van der Waals surface area contributed by atoms with Gasteiger partial charge < -0.3 is 9.80 Å². The second-order valence-electron chi connectivity index (χ2n) is 15.7. The van der Waals surface area contributed by atoms with Crippen LogP contribution in [0.15, 0.2) is 109 Å². The quantitative estimate of drug-likeness (QED) is 0.145. The van der Waals surface area contributed by atoms with Gasteiger partial charge in [-0.05, 0) is 160 Å². The Morgan fingerprint density at radius 3 is 0.852 bits per heavy atom. The van der Waals surface area contributed by atoms with Gasteiger partial charge in [0.25, 0.3) is 0 Å². The van der Waals surface area contributed by atoms with E-state index in [-0.39, 0.29) is 0 Å². The second kappa shape index (κ2) is 13.7. The first-order valence-electron chi connectivity index (χ1n) is 19.6. The third-order valence-corrected chi connectivity index (χ3v) is 11.6. The normalized spacial score (nSPS) is 11.7. The molecule has 270 valence electrons. The summed E-state index contributed by atoms with van der Waals surface area (Å²) < 4.78 is 0. The summed E-state index contributed by atoms with van der Waals surface area (Å²) in [7, 11) is 0. The molecule has 54 heavy (non-hydrogen) atoms. The van der Waals surface area contributed by atoms with Gasteiger partial charge in [0.1, 0.15) is 0 Å². The van der Waals surface area contributed by atoms with E-state index in [4.69, 9.17) is 0 Å². The first kappa shape index (κ1) is 35.4. The molecule has 0 atom stereocenters. The minimum Gasteiger partial charge on any atom is -0.309 e. The lowest BCUT2D eigenvalue weighted by Gasteiger charge is -2.33. The van der Waals surface area contributed by atoms with Gasteiger partial charge in [0.05, 0.1) is 11.4 Å². The van der Waals surface area contributed by atoms with Crippen molar-refractivity contribution in [3.63, 3.8) is 0 Å². The van der Waals surface area contributed by atoms with E-state index in [1.165, 1.54) is 122 Å². The molecule has 0 spiro atoms. The van der Waals surface area contributed by atoms with Crippen LogP contribution in [0.1, 0.15) is 69.5 Å². The lowest BCUT2D eigenvalue weighted by molar-refractivity contribution is 1.15. The van der Waals surface area contributed by atoms with Crippen LogP contribution in [0.2, 0.25) is 0 Å². The van der Waals surface area contributed by atoms with E-state index in [1.54, 1.807) is 0 Å². The van der Waals surface area contributed by atoms with Crippen LogP contribution in [0.25, 0.3) is 32.3 Å². The van der Waals surface area contributed by atoms with E-state index < -0.39 is 0 Å². The van der Waals surface area contributed by atoms with Crippen molar-refractivity contribution in [2.45, 2.75) is 82.1 Å². The van der Waals surface area contributed by atoms with Crippen molar-refractivity contribution in [3.8, 4) is 0 Å². The highest BCUT2D eigenvalue weighted by atomic mass is 15.2. The lowest BCUT2D eigenvalue weighted by atomic mass is 9.86. The fourth-order valence-electron chi connectivity index (χ4n) is 9.06. The fourth-order valence-corrected chi connectivity index (χ4v) is 9.06. The molecule has 0 aliphatic heterocycles. The van der Waals surface area contributed by atoms with Crippen molar-refractivity contribution in [3.05, 3.63) is 165 Å². The van der Waals surface area contributed by atoms with Crippen LogP contribution in [0.3, 0.4) is 0 Å². The van der Waals surface area contributed by atoms with Gasteiger partial charge in [-0.25, -0.2) is 0 Å². The van der Waals surface area contributed by atoms with Gasteiger partial charge in [0.15, 0.2) is 0 Å². The highest BCUT2D eigenvalue weighted by molar-refractivity contribution is 6.29. The van der Waals surface area contributed by atoms with Crippen molar-refractivity contribution in [1.29, 1.82) is 0 Å². The monoisotopic (exact) mass is 704 g/mol. The minimum atomic E-state index is 0.944. The molecule has 0 unspecified atom stereocenters. The van der Waals surface area contributed by atoms with Crippen LogP contribution in [0, 0.1) is 55.4 Å². The minimum absolute atomic E-state index is 0.944. The Labute approximate surface area is 322 Å². The van der Waals surface area contributed by atoms with Crippen LogP contribution < -0.4 is 9.80 Å². The summed E-state index contributed by atoms with van der Waals surface area (Å²) in [5.74, 6) is 0. The third-order valence-electron chi connectivity index (χ3n) is 11.6. The maximum absolute atomic E-state index is 2.54. The smallest absolute Gasteiger partial charge is 0.0543 e. The van der Waals surface area contributed by atoms with Crippen LogP contribution in [-0.4, -0.2) is 0 Å². The Morgan fingerprint density at radius 2 is 0.593 bits per heavy atom. The van der Waals surface area contributed by atoms with Crippen LogP contribution in [-0.2, 0) is 12.8 Å². The van der Waals surface area contributed by atoms with E-state index in [9.17, 15) is 0 Å². The zero-order chi connectivity index (χ0) is 38.0. The standard InChI is InChI=1S/C52H52N2/c1-11-39-29-49(53(45-21-13-31(3)25-35(45)7)46-22-14-32(4)26-36(46)8)43-20-18-42-40(12-2)30-50(44-19-17-41(39)51(43)52(42)44)54(47-23-15-33(5)27-37(47)9)48-24-16-34(6)28-38(48)10/h13-30H,11-12H2,1-10H3. The van der Waals surface area contributed by atoms with Gasteiger partial charge in [-0.1, -0.05) is 109 Å². The molecule has 0 aromatic heterocycles. The molecule has 0 aliphatic rings. The molecule has 0 N–H and O–H groups in total. The molecule has 8 aromatic carbocycles. The van der Waals surface area contributed by atoms with Crippen molar-refractivity contribution >= 4 is 66.4 Å². The predicted molar refractivity (Wildman–Crippen MR) is 236 cm³/mol. The molecular formula is C52H52N2. The van der Waals surface area contributed by atoms with Gasteiger partial charge in [0, 0.05) is 33.5 Å². The van der Waals surface area contributed by atoms with Crippen LogP contribution >= 0.6 is 0 Å². The third kappa shape index (κ3) is 5.80. The number of nitrogens with zero attached hydrogens (tertiary/aromatic N) is 2. The van der Waals surface area contributed by atoms with E-state index in [2.05, 4.69) is 188 Å². The highest BCUT2D eigenvalue weighted by Gasteiger charge is 2.26. The SMILES string of the molecule is CCc1cc(N(c2ccc(C)cc2C)c2ccc(C)cc2C)c2ccc3c(CC)cc(N(c4ccc(C)cc4C)c4ccc(C)cc4C)c4ccc1c2c34. The van der Waals surface area contributed by atoms with Crippen molar-refractivity contribution in [2.75, 3.05) is 9.80 Å². The number of hydrogen-bond donors (Lipinski definition) is 0. The van der Waals surface area contributed by atoms with Gasteiger partial charge >= 0.3 is 0 Å². The van der Waals surface area contributed by atoms with E-state index in [0.29, 0.717) is 0 Å². The Balaban J connectivity index is 1.52. The van der Waals surface area contributed by atoms with Gasteiger partial charge in [-0.2, -0.15) is 0 Å². The average molecular weight is 705 g/mol. The Bertz CT molecular complexity index is 2440. The van der Waals surface area contributed by atoms with Crippen molar-refractivity contribution < 1.29 is 0 Å². The van der Waals surface area contributed by atoms with E-state index in [1.807, 2.05) is 0 Å². The highest BCUT2D eigenvalue weighted by Crippen LogP contribution is 2.51.